The smallest absolute Gasteiger partial charge is 0.0550 e. The largest absolute Gasteiger partial charge is 0.354 e. The van der Waals surface area contributed by atoms with Gasteiger partial charge in [-0.3, -0.25) is 0 Å². The molecular formula is C42H28N2. The first-order valence-corrected chi connectivity index (χ1v) is 15.1. The molecule has 0 unspecified atom stereocenters. The fourth-order valence-corrected chi connectivity index (χ4v) is 6.98. The number of nitrogens with one attached hydrogen (secondary N) is 2. The van der Waals surface area contributed by atoms with Crippen LogP contribution < -0.4 is 0 Å². The topological polar surface area (TPSA) is 31.6 Å². The fourth-order valence-electron chi connectivity index (χ4n) is 6.98. The van der Waals surface area contributed by atoms with E-state index in [4.69, 9.17) is 0 Å². The summed E-state index contributed by atoms with van der Waals surface area (Å²) >= 11 is 0. The van der Waals surface area contributed by atoms with E-state index < -0.39 is 0 Å². The van der Waals surface area contributed by atoms with Crippen LogP contribution in [0, 0.1) is 0 Å². The highest BCUT2D eigenvalue weighted by atomic mass is 14.7. The number of rotatable bonds is 4. The van der Waals surface area contributed by atoms with E-state index in [0.29, 0.717) is 0 Å². The summed E-state index contributed by atoms with van der Waals surface area (Å²) in [6, 6.07) is 56.8. The summed E-state index contributed by atoms with van der Waals surface area (Å²) in [5.41, 5.74) is 14.3. The first-order chi connectivity index (χ1) is 21.8. The Morgan fingerprint density at radius 1 is 0.295 bits per heavy atom. The Morgan fingerprint density at radius 3 is 1.18 bits per heavy atom. The zero-order chi connectivity index (χ0) is 29.0. The molecule has 7 aromatic carbocycles. The van der Waals surface area contributed by atoms with Crippen molar-refractivity contribution in [2.45, 2.75) is 0 Å². The number of aromatic amines is 2. The zero-order valence-electron chi connectivity index (χ0n) is 24.0. The number of hydrogen-bond acceptors (Lipinski definition) is 0. The second-order valence-corrected chi connectivity index (χ2v) is 11.5. The van der Waals surface area contributed by atoms with E-state index in [-0.39, 0.29) is 0 Å². The van der Waals surface area contributed by atoms with Gasteiger partial charge >= 0.3 is 0 Å². The van der Waals surface area contributed by atoms with Crippen molar-refractivity contribution >= 4 is 43.6 Å². The van der Waals surface area contributed by atoms with Gasteiger partial charge in [-0.2, -0.15) is 0 Å². The maximum absolute atomic E-state index is 3.79. The minimum atomic E-state index is 1.15. The summed E-state index contributed by atoms with van der Waals surface area (Å²) < 4.78 is 0. The van der Waals surface area contributed by atoms with Crippen molar-refractivity contribution in [1.29, 1.82) is 0 Å². The van der Waals surface area contributed by atoms with Crippen molar-refractivity contribution in [2.75, 3.05) is 0 Å². The molecule has 0 radical (unpaired) electrons. The molecule has 2 heterocycles. The minimum Gasteiger partial charge on any atom is -0.354 e. The molecule has 2 heteroatoms. The summed E-state index contributed by atoms with van der Waals surface area (Å²) in [5, 5.41) is 4.97. The molecule has 2 aromatic heterocycles. The first-order valence-electron chi connectivity index (χ1n) is 15.1. The summed E-state index contributed by atoms with van der Waals surface area (Å²) in [6.07, 6.45) is 0. The second-order valence-electron chi connectivity index (χ2n) is 11.5. The van der Waals surface area contributed by atoms with Gasteiger partial charge < -0.3 is 9.97 Å². The molecule has 2 N–H and O–H groups in total. The van der Waals surface area contributed by atoms with Crippen molar-refractivity contribution < 1.29 is 0 Å². The van der Waals surface area contributed by atoms with Gasteiger partial charge in [0.2, 0.25) is 0 Å². The summed E-state index contributed by atoms with van der Waals surface area (Å²) in [6.45, 7) is 0. The SMILES string of the molecule is c1ccc(-c2ccc3c([nH]c4ccccc43)c2-c2cccc(-c3c(-c4ccccc4)ccc4c3[nH]c3ccccc34)c2)cc1. The lowest BCUT2D eigenvalue weighted by atomic mass is 9.88. The van der Waals surface area contributed by atoms with Crippen LogP contribution in [0.25, 0.3) is 88.1 Å². The molecule has 0 atom stereocenters. The highest BCUT2D eigenvalue weighted by molar-refractivity contribution is 6.17. The molecule has 206 valence electrons. The van der Waals surface area contributed by atoms with Gasteiger partial charge in [0.25, 0.3) is 0 Å². The number of H-pyrrole nitrogens is 2. The number of aromatic nitrogens is 2. The maximum Gasteiger partial charge on any atom is 0.0550 e. The van der Waals surface area contributed by atoms with E-state index in [9.17, 15) is 0 Å². The van der Waals surface area contributed by atoms with Crippen molar-refractivity contribution in [2.24, 2.45) is 0 Å². The Hall–Kier alpha value is -5.86. The molecule has 0 bridgehead atoms. The Balaban J connectivity index is 1.36. The lowest BCUT2D eigenvalue weighted by molar-refractivity contribution is 1.51. The van der Waals surface area contributed by atoms with Gasteiger partial charge in [-0.15, -0.1) is 0 Å². The van der Waals surface area contributed by atoms with E-state index in [1.165, 1.54) is 66.1 Å². The average Bonchev–Trinajstić information content (AvgIpc) is 3.67. The molecule has 0 saturated heterocycles. The molecular weight excluding hydrogens is 532 g/mol. The van der Waals surface area contributed by atoms with Gasteiger partial charge in [0.15, 0.2) is 0 Å². The third-order valence-electron chi connectivity index (χ3n) is 8.97. The summed E-state index contributed by atoms with van der Waals surface area (Å²) in [4.78, 5) is 7.59. The van der Waals surface area contributed by atoms with E-state index >= 15 is 0 Å². The van der Waals surface area contributed by atoms with Crippen molar-refractivity contribution in [3.05, 3.63) is 158 Å². The van der Waals surface area contributed by atoms with Crippen LogP contribution in [0.2, 0.25) is 0 Å². The van der Waals surface area contributed by atoms with E-state index in [2.05, 4.69) is 168 Å². The van der Waals surface area contributed by atoms with Crippen LogP contribution in [-0.2, 0) is 0 Å². The summed E-state index contributed by atoms with van der Waals surface area (Å²) in [5.74, 6) is 0. The molecule has 0 spiro atoms. The van der Waals surface area contributed by atoms with Crippen molar-refractivity contribution in [1.82, 2.24) is 9.97 Å². The number of fused-ring (bicyclic) bond motifs is 6. The Kier molecular flexibility index (Phi) is 5.54. The van der Waals surface area contributed by atoms with Crippen molar-refractivity contribution in [3.63, 3.8) is 0 Å². The molecule has 0 aliphatic rings. The van der Waals surface area contributed by atoms with Crippen LogP contribution in [0.5, 0.6) is 0 Å². The van der Waals surface area contributed by atoms with E-state index in [0.717, 1.165) is 22.1 Å². The Morgan fingerprint density at radius 2 is 0.705 bits per heavy atom. The second kappa shape index (κ2) is 9.86. The molecule has 0 saturated carbocycles. The lowest BCUT2D eigenvalue weighted by Gasteiger charge is -2.16. The Bertz CT molecular complexity index is 2310. The van der Waals surface area contributed by atoms with E-state index in [1.54, 1.807) is 0 Å². The average molecular weight is 561 g/mol. The molecule has 9 aromatic rings. The van der Waals surface area contributed by atoms with Crippen LogP contribution in [0.15, 0.2) is 158 Å². The standard InChI is InChI=1S/C42H28N2/c1-3-12-27(13-4-1)31-22-24-35-33-18-7-9-20-37(33)43-41(35)39(31)29-16-11-17-30(26-29)40-32(28-14-5-2-6-15-28)23-25-36-34-19-8-10-21-38(34)44-42(36)40/h1-26,43-44H. The highest BCUT2D eigenvalue weighted by Crippen LogP contribution is 2.44. The first kappa shape index (κ1) is 24.7. The minimum absolute atomic E-state index is 1.15. The zero-order valence-corrected chi connectivity index (χ0v) is 24.0. The fraction of sp³-hybridized carbons (Fsp3) is 0. The van der Waals surface area contributed by atoms with Gasteiger partial charge in [-0.25, -0.2) is 0 Å². The molecule has 0 amide bonds. The van der Waals surface area contributed by atoms with Gasteiger partial charge in [0.05, 0.1) is 11.0 Å². The third-order valence-corrected chi connectivity index (χ3v) is 8.97. The molecule has 2 nitrogen and oxygen atoms in total. The monoisotopic (exact) mass is 560 g/mol. The molecule has 0 aliphatic heterocycles. The number of para-hydroxylation sites is 2. The van der Waals surface area contributed by atoms with Crippen LogP contribution in [0.3, 0.4) is 0 Å². The number of hydrogen-bond donors (Lipinski definition) is 2. The van der Waals surface area contributed by atoms with Gasteiger partial charge in [-0.1, -0.05) is 140 Å². The lowest BCUT2D eigenvalue weighted by Crippen LogP contribution is -1.91. The molecule has 0 aliphatic carbocycles. The van der Waals surface area contributed by atoms with Crippen LogP contribution in [-0.4, -0.2) is 9.97 Å². The molecule has 0 fully saturated rings. The normalized spacial score (nSPS) is 11.6. The van der Waals surface area contributed by atoms with Crippen LogP contribution >= 0.6 is 0 Å². The third kappa shape index (κ3) is 3.82. The maximum atomic E-state index is 3.79. The highest BCUT2D eigenvalue weighted by Gasteiger charge is 2.19. The van der Waals surface area contributed by atoms with Crippen molar-refractivity contribution in [3.8, 4) is 44.5 Å². The predicted octanol–water partition coefficient (Wildman–Crippen LogP) is 11.6. The van der Waals surface area contributed by atoms with Gasteiger partial charge in [-0.05, 0) is 51.6 Å². The summed E-state index contributed by atoms with van der Waals surface area (Å²) in [7, 11) is 0. The van der Waals surface area contributed by atoms with Gasteiger partial charge in [0.1, 0.15) is 0 Å². The van der Waals surface area contributed by atoms with E-state index in [1.807, 2.05) is 0 Å². The Labute approximate surface area is 255 Å². The van der Waals surface area contributed by atoms with Crippen LogP contribution in [0.1, 0.15) is 0 Å². The quantitative estimate of drug-likeness (QED) is 0.215. The van der Waals surface area contributed by atoms with Crippen LogP contribution in [0.4, 0.5) is 0 Å². The number of benzene rings is 7. The predicted molar refractivity (Wildman–Crippen MR) is 187 cm³/mol. The van der Waals surface area contributed by atoms with Gasteiger partial charge in [0, 0.05) is 43.7 Å². The molecule has 9 rings (SSSR count). The molecule has 44 heavy (non-hydrogen) atoms.